The Bertz CT molecular complexity index is 1230. The van der Waals surface area contributed by atoms with Crippen molar-refractivity contribution in [1.29, 1.82) is 0 Å². The lowest BCUT2D eigenvalue weighted by Crippen LogP contribution is -2.38. The van der Waals surface area contributed by atoms with Crippen molar-refractivity contribution in [2.24, 2.45) is 5.92 Å². The predicted octanol–water partition coefficient (Wildman–Crippen LogP) is 5.06. The average molecular weight is 439 g/mol. The van der Waals surface area contributed by atoms with Gasteiger partial charge in [-0.2, -0.15) is 0 Å². The lowest BCUT2D eigenvalue weighted by atomic mass is 9.95. The Balaban J connectivity index is 1.21. The average Bonchev–Trinajstić information content (AvgIpc) is 2.88. The minimum absolute atomic E-state index is 0.0398. The molecular weight excluding hydrogens is 412 g/mol. The van der Waals surface area contributed by atoms with Gasteiger partial charge in [0.25, 0.3) is 0 Å². The Morgan fingerprint density at radius 3 is 2.48 bits per heavy atom. The molecule has 33 heavy (non-hydrogen) atoms. The summed E-state index contributed by atoms with van der Waals surface area (Å²) in [5.74, 6) is 1.62. The van der Waals surface area contributed by atoms with Crippen LogP contribution in [0.25, 0.3) is 10.9 Å². The third-order valence-electron chi connectivity index (χ3n) is 6.07. The van der Waals surface area contributed by atoms with Gasteiger partial charge in [0, 0.05) is 24.4 Å². The SMILES string of the molecule is O=C(Nc1ccccc1OCc1ccccc1)C1CCN(c2ncnc3ccccc23)CC1. The number of fused-ring (bicyclic) bond motifs is 1. The fourth-order valence-corrected chi connectivity index (χ4v) is 4.26. The van der Waals surface area contributed by atoms with Gasteiger partial charge in [-0.3, -0.25) is 4.79 Å². The molecule has 4 aromatic rings. The third kappa shape index (κ3) is 4.80. The van der Waals surface area contributed by atoms with Gasteiger partial charge in [-0.25, -0.2) is 9.97 Å². The Morgan fingerprint density at radius 1 is 0.909 bits per heavy atom. The first kappa shape index (κ1) is 20.9. The summed E-state index contributed by atoms with van der Waals surface area (Å²) in [6, 6.07) is 25.7. The second-order valence-corrected chi connectivity index (χ2v) is 8.24. The zero-order valence-electron chi connectivity index (χ0n) is 18.4. The van der Waals surface area contributed by atoms with Crippen LogP contribution in [0.3, 0.4) is 0 Å². The smallest absolute Gasteiger partial charge is 0.227 e. The largest absolute Gasteiger partial charge is 0.487 e. The highest BCUT2D eigenvalue weighted by Gasteiger charge is 2.27. The van der Waals surface area contributed by atoms with Crippen molar-refractivity contribution in [3.8, 4) is 5.75 Å². The number of hydrogen-bond donors (Lipinski definition) is 1. The first-order valence-corrected chi connectivity index (χ1v) is 11.3. The molecule has 6 nitrogen and oxygen atoms in total. The highest BCUT2D eigenvalue weighted by Crippen LogP contribution is 2.29. The summed E-state index contributed by atoms with van der Waals surface area (Å²) in [6.07, 6.45) is 3.16. The number of para-hydroxylation sites is 3. The van der Waals surface area contributed by atoms with Gasteiger partial charge < -0.3 is 15.0 Å². The maximum atomic E-state index is 13.0. The summed E-state index contributed by atoms with van der Waals surface area (Å²) in [6.45, 7) is 2.02. The van der Waals surface area contributed by atoms with Crippen molar-refractivity contribution in [2.75, 3.05) is 23.3 Å². The van der Waals surface area contributed by atoms with Gasteiger partial charge in [0.05, 0.1) is 11.2 Å². The van der Waals surface area contributed by atoms with Crippen molar-refractivity contribution >= 4 is 28.3 Å². The van der Waals surface area contributed by atoms with Crippen molar-refractivity contribution in [1.82, 2.24) is 9.97 Å². The van der Waals surface area contributed by atoms with E-state index in [4.69, 9.17) is 4.74 Å². The number of hydrogen-bond acceptors (Lipinski definition) is 5. The van der Waals surface area contributed by atoms with E-state index in [1.807, 2.05) is 72.8 Å². The molecular formula is C27H26N4O2. The first-order chi connectivity index (χ1) is 16.3. The minimum atomic E-state index is -0.0449. The Kier molecular flexibility index (Phi) is 6.15. The number of amides is 1. The van der Waals surface area contributed by atoms with Gasteiger partial charge >= 0.3 is 0 Å². The highest BCUT2D eigenvalue weighted by atomic mass is 16.5. The van der Waals surface area contributed by atoms with Gasteiger partial charge in [-0.15, -0.1) is 0 Å². The molecule has 0 atom stereocenters. The van der Waals surface area contributed by atoms with Gasteiger partial charge in [-0.05, 0) is 42.7 Å². The monoisotopic (exact) mass is 438 g/mol. The van der Waals surface area contributed by atoms with Crippen LogP contribution in [0.1, 0.15) is 18.4 Å². The summed E-state index contributed by atoms with van der Waals surface area (Å²) < 4.78 is 5.99. The summed E-state index contributed by atoms with van der Waals surface area (Å²) in [5.41, 5.74) is 2.74. The number of rotatable bonds is 6. The van der Waals surface area contributed by atoms with Crippen LogP contribution in [0.4, 0.5) is 11.5 Å². The molecule has 0 radical (unpaired) electrons. The Hall–Kier alpha value is -3.93. The summed E-state index contributed by atoms with van der Waals surface area (Å²) >= 11 is 0. The number of carbonyl (C=O) groups excluding carboxylic acids is 1. The van der Waals surface area contributed by atoms with E-state index >= 15 is 0 Å². The van der Waals surface area contributed by atoms with Crippen molar-refractivity contribution in [3.05, 3.63) is 90.8 Å². The molecule has 1 aliphatic rings. The number of nitrogens with zero attached hydrogens (tertiary/aromatic N) is 3. The quantitative estimate of drug-likeness (QED) is 0.456. The van der Waals surface area contributed by atoms with E-state index in [-0.39, 0.29) is 11.8 Å². The minimum Gasteiger partial charge on any atom is -0.487 e. The summed E-state index contributed by atoms with van der Waals surface area (Å²) in [7, 11) is 0. The molecule has 1 amide bonds. The van der Waals surface area contributed by atoms with Gasteiger partial charge in [0.2, 0.25) is 5.91 Å². The van der Waals surface area contributed by atoms with E-state index in [0.29, 0.717) is 18.0 Å². The number of benzene rings is 3. The van der Waals surface area contributed by atoms with E-state index in [2.05, 4.69) is 26.3 Å². The van der Waals surface area contributed by atoms with Gasteiger partial charge in [0.1, 0.15) is 24.5 Å². The van der Waals surface area contributed by atoms with Gasteiger partial charge in [-0.1, -0.05) is 54.6 Å². The normalized spacial score (nSPS) is 14.2. The molecule has 0 unspecified atom stereocenters. The number of nitrogens with one attached hydrogen (secondary N) is 1. The number of anilines is 2. The van der Waals surface area contributed by atoms with E-state index in [1.165, 1.54) is 0 Å². The predicted molar refractivity (Wildman–Crippen MR) is 130 cm³/mol. The van der Waals surface area contributed by atoms with Crippen LogP contribution in [-0.4, -0.2) is 29.0 Å². The molecule has 1 aromatic heterocycles. The number of carbonyl (C=O) groups is 1. The maximum Gasteiger partial charge on any atom is 0.227 e. The molecule has 0 saturated carbocycles. The third-order valence-corrected chi connectivity index (χ3v) is 6.07. The van der Waals surface area contributed by atoms with Crippen molar-refractivity contribution in [3.63, 3.8) is 0 Å². The number of ether oxygens (including phenoxy) is 1. The van der Waals surface area contributed by atoms with E-state index in [0.717, 1.165) is 48.2 Å². The zero-order valence-corrected chi connectivity index (χ0v) is 18.4. The molecule has 0 aliphatic carbocycles. The van der Waals surface area contributed by atoms with E-state index in [1.54, 1.807) is 6.33 Å². The molecule has 166 valence electrons. The molecule has 1 N–H and O–H groups in total. The standard InChI is InChI=1S/C27H26N4O2/c32-27(30-24-12-6-7-13-25(24)33-18-20-8-2-1-3-9-20)21-14-16-31(17-15-21)26-22-10-4-5-11-23(22)28-19-29-26/h1-13,19,21H,14-18H2,(H,30,32). The van der Waals surface area contributed by atoms with Crippen LogP contribution in [0.5, 0.6) is 5.75 Å². The molecule has 1 aliphatic heterocycles. The number of aromatic nitrogens is 2. The molecule has 0 spiro atoms. The van der Waals surface area contributed by atoms with Crippen LogP contribution >= 0.6 is 0 Å². The molecule has 2 heterocycles. The van der Waals surface area contributed by atoms with Crippen LogP contribution < -0.4 is 15.0 Å². The summed E-state index contributed by atoms with van der Waals surface area (Å²) in [4.78, 5) is 24.2. The number of piperidine rings is 1. The topological polar surface area (TPSA) is 67.3 Å². The van der Waals surface area contributed by atoms with Crippen LogP contribution in [0.2, 0.25) is 0 Å². The molecule has 3 aromatic carbocycles. The van der Waals surface area contributed by atoms with Gasteiger partial charge in [0.15, 0.2) is 0 Å². The van der Waals surface area contributed by atoms with Crippen molar-refractivity contribution in [2.45, 2.75) is 19.4 Å². The zero-order chi connectivity index (χ0) is 22.5. The fraction of sp³-hybridized carbons (Fsp3) is 0.222. The molecule has 1 fully saturated rings. The Morgan fingerprint density at radius 2 is 1.64 bits per heavy atom. The molecule has 5 rings (SSSR count). The van der Waals surface area contributed by atoms with Crippen LogP contribution in [0, 0.1) is 5.92 Å². The van der Waals surface area contributed by atoms with E-state index < -0.39 is 0 Å². The molecule has 6 heteroatoms. The summed E-state index contributed by atoms with van der Waals surface area (Å²) in [5, 5.41) is 4.14. The van der Waals surface area contributed by atoms with Crippen LogP contribution in [-0.2, 0) is 11.4 Å². The second-order valence-electron chi connectivity index (χ2n) is 8.24. The lowest BCUT2D eigenvalue weighted by Gasteiger charge is -2.32. The van der Waals surface area contributed by atoms with Crippen LogP contribution in [0.15, 0.2) is 85.2 Å². The lowest BCUT2D eigenvalue weighted by molar-refractivity contribution is -0.120. The Labute approximate surface area is 193 Å². The highest BCUT2D eigenvalue weighted by molar-refractivity contribution is 5.94. The first-order valence-electron chi connectivity index (χ1n) is 11.3. The second kappa shape index (κ2) is 9.69. The van der Waals surface area contributed by atoms with E-state index in [9.17, 15) is 4.79 Å². The molecule has 0 bridgehead atoms. The fourth-order valence-electron chi connectivity index (χ4n) is 4.26. The van der Waals surface area contributed by atoms with Crippen molar-refractivity contribution < 1.29 is 9.53 Å². The maximum absolute atomic E-state index is 13.0. The molecule has 1 saturated heterocycles.